The van der Waals surface area contributed by atoms with Crippen LogP contribution in [0.25, 0.3) is 0 Å². The summed E-state index contributed by atoms with van der Waals surface area (Å²) in [6, 6.07) is 0.475. The lowest BCUT2D eigenvalue weighted by molar-refractivity contribution is 0.393. The summed E-state index contributed by atoms with van der Waals surface area (Å²) in [5, 5.41) is 3.44. The molecule has 4 heteroatoms. The van der Waals surface area contributed by atoms with Gasteiger partial charge in [0, 0.05) is 6.04 Å². The number of nitrogens with zero attached hydrogens (tertiary/aromatic N) is 2. The van der Waals surface area contributed by atoms with Crippen LogP contribution in [0.5, 0.6) is 5.88 Å². The number of nitrogens with one attached hydrogen (secondary N) is 1. The smallest absolute Gasteiger partial charge is 0.221 e. The Hall–Kier alpha value is -1.32. The standard InChI is InChI=1S/C12H21N3O/c1-5-7-10(6-2)15-11-9(3)12(16-4)14-8-13-11/h8,10H,5-7H2,1-4H3,(H,13,14,15). The molecule has 0 spiro atoms. The fourth-order valence-electron chi connectivity index (χ4n) is 1.71. The molecule has 1 aromatic heterocycles. The van der Waals surface area contributed by atoms with Gasteiger partial charge in [-0.05, 0) is 19.8 Å². The Labute approximate surface area is 97.5 Å². The highest BCUT2D eigenvalue weighted by atomic mass is 16.5. The second-order valence-electron chi connectivity index (χ2n) is 3.89. The molecule has 0 aromatic carbocycles. The lowest BCUT2D eigenvalue weighted by atomic mass is 10.1. The zero-order chi connectivity index (χ0) is 12.0. The third kappa shape index (κ3) is 3.08. The van der Waals surface area contributed by atoms with Crippen LogP contribution in [-0.4, -0.2) is 23.1 Å². The van der Waals surface area contributed by atoms with Crippen LogP contribution in [0.15, 0.2) is 6.33 Å². The topological polar surface area (TPSA) is 47.0 Å². The lowest BCUT2D eigenvalue weighted by Crippen LogP contribution is -2.19. The Kier molecular flexibility index (Phi) is 5.02. The Balaban J connectivity index is 2.79. The Bertz CT molecular complexity index is 328. The average molecular weight is 223 g/mol. The molecule has 0 radical (unpaired) electrons. The maximum absolute atomic E-state index is 5.17. The molecule has 0 fully saturated rings. The molecule has 1 N–H and O–H groups in total. The van der Waals surface area contributed by atoms with Crippen LogP contribution in [0.1, 0.15) is 38.7 Å². The van der Waals surface area contributed by atoms with Crippen molar-refractivity contribution in [2.75, 3.05) is 12.4 Å². The summed E-state index contributed by atoms with van der Waals surface area (Å²) in [6.45, 7) is 6.35. The third-order valence-electron chi connectivity index (χ3n) is 2.70. The Morgan fingerprint density at radius 3 is 2.69 bits per heavy atom. The molecule has 1 atom stereocenters. The monoisotopic (exact) mass is 223 g/mol. The molecule has 90 valence electrons. The van der Waals surface area contributed by atoms with E-state index in [1.54, 1.807) is 7.11 Å². The lowest BCUT2D eigenvalue weighted by Gasteiger charge is -2.18. The maximum atomic E-state index is 5.17. The number of ether oxygens (including phenoxy) is 1. The SMILES string of the molecule is CCCC(CC)Nc1ncnc(OC)c1C. The first kappa shape index (κ1) is 12.7. The number of hydrogen-bond acceptors (Lipinski definition) is 4. The van der Waals surface area contributed by atoms with E-state index in [1.165, 1.54) is 12.7 Å². The van der Waals surface area contributed by atoms with E-state index in [9.17, 15) is 0 Å². The number of hydrogen-bond donors (Lipinski definition) is 1. The molecule has 0 aliphatic rings. The average Bonchev–Trinajstić information content (AvgIpc) is 2.31. The van der Waals surface area contributed by atoms with E-state index in [2.05, 4.69) is 29.1 Å². The van der Waals surface area contributed by atoms with Crippen LogP contribution < -0.4 is 10.1 Å². The Morgan fingerprint density at radius 1 is 1.38 bits per heavy atom. The summed E-state index contributed by atoms with van der Waals surface area (Å²) in [5.41, 5.74) is 0.972. The maximum Gasteiger partial charge on any atom is 0.221 e. The van der Waals surface area contributed by atoms with E-state index in [-0.39, 0.29) is 0 Å². The molecule has 1 unspecified atom stereocenters. The van der Waals surface area contributed by atoms with Gasteiger partial charge >= 0.3 is 0 Å². The number of anilines is 1. The van der Waals surface area contributed by atoms with Gasteiger partial charge in [-0.15, -0.1) is 0 Å². The molecule has 1 rings (SSSR count). The first-order valence-corrected chi connectivity index (χ1v) is 5.85. The normalized spacial score (nSPS) is 12.2. The number of aromatic nitrogens is 2. The van der Waals surface area contributed by atoms with Crippen molar-refractivity contribution in [1.29, 1.82) is 0 Å². The van der Waals surface area contributed by atoms with Crippen LogP contribution >= 0.6 is 0 Å². The van der Waals surface area contributed by atoms with Gasteiger partial charge in [-0.3, -0.25) is 0 Å². The molecule has 0 bridgehead atoms. The van der Waals surface area contributed by atoms with E-state index in [0.29, 0.717) is 11.9 Å². The highest BCUT2D eigenvalue weighted by Crippen LogP contribution is 2.21. The minimum Gasteiger partial charge on any atom is -0.481 e. The van der Waals surface area contributed by atoms with Crippen molar-refractivity contribution < 1.29 is 4.74 Å². The second-order valence-corrected chi connectivity index (χ2v) is 3.89. The largest absolute Gasteiger partial charge is 0.481 e. The van der Waals surface area contributed by atoms with E-state index in [1.807, 2.05) is 6.92 Å². The molecule has 0 amide bonds. The molecular weight excluding hydrogens is 202 g/mol. The zero-order valence-corrected chi connectivity index (χ0v) is 10.6. The predicted molar refractivity (Wildman–Crippen MR) is 65.9 cm³/mol. The highest BCUT2D eigenvalue weighted by molar-refractivity contribution is 5.48. The van der Waals surface area contributed by atoms with Crippen molar-refractivity contribution in [3.63, 3.8) is 0 Å². The molecule has 1 heterocycles. The van der Waals surface area contributed by atoms with Gasteiger partial charge in [-0.2, -0.15) is 0 Å². The van der Waals surface area contributed by atoms with Crippen molar-refractivity contribution >= 4 is 5.82 Å². The third-order valence-corrected chi connectivity index (χ3v) is 2.70. The van der Waals surface area contributed by atoms with Crippen molar-refractivity contribution in [3.8, 4) is 5.88 Å². The van der Waals surface area contributed by atoms with Gasteiger partial charge in [0.2, 0.25) is 5.88 Å². The highest BCUT2D eigenvalue weighted by Gasteiger charge is 2.10. The van der Waals surface area contributed by atoms with Crippen LogP contribution in [0.3, 0.4) is 0 Å². The van der Waals surface area contributed by atoms with Gasteiger partial charge in [0.1, 0.15) is 12.1 Å². The fraction of sp³-hybridized carbons (Fsp3) is 0.667. The molecule has 1 aromatic rings. The van der Waals surface area contributed by atoms with Crippen LogP contribution in [0.4, 0.5) is 5.82 Å². The van der Waals surface area contributed by atoms with E-state index in [0.717, 1.165) is 24.2 Å². The molecule has 16 heavy (non-hydrogen) atoms. The van der Waals surface area contributed by atoms with Crippen LogP contribution in [-0.2, 0) is 0 Å². The zero-order valence-electron chi connectivity index (χ0n) is 10.6. The van der Waals surface area contributed by atoms with E-state index < -0.39 is 0 Å². The van der Waals surface area contributed by atoms with Crippen molar-refractivity contribution in [2.24, 2.45) is 0 Å². The van der Waals surface area contributed by atoms with Gasteiger partial charge in [0.15, 0.2) is 0 Å². The predicted octanol–water partition coefficient (Wildman–Crippen LogP) is 2.78. The molecule has 0 saturated carbocycles. The fourth-order valence-corrected chi connectivity index (χ4v) is 1.71. The Morgan fingerprint density at radius 2 is 2.12 bits per heavy atom. The van der Waals surface area contributed by atoms with Gasteiger partial charge in [-0.25, -0.2) is 9.97 Å². The van der Waals surface area contributed by atoms with Gasteiger partial charge in [-0.1, -0.05) is 20.3 Å². The van der Waals surface area contributed by atoms with Gasteiger partial charge < -0.3 is 10.1 Å². The number of rotatable bonds is 6. The summed E-state index contributed by atoms with van der Waals surface area (Å²) in [5.74, 6) is 1.52. The molecule has 0 aliphatic carbocycles. The molecule has 4 nitrogen and oxygen atoms in total. The molecule has 0 saturated heterocycles. The summed E-state index contributed by atoms with van der Waals surface area (Å²) < 4.78 is 5.17. The minimum absolute atomic E-state index is 0.475. The van der Waals surface area contributed by atoms with Gasteiger partial charge in [0.05, 0.1) is 12.7 Å². The minimum atomic E-state index is 0.475. The first-order valence-electron chi connectivity index (χ1n) is 5.85. The van der Waals surface area contributed by atoms with Crippen molar-refractivity contribution in [1.82, 2.24) is 9.97 Å². The quantitative estimate of drug-likeness (QED) is 0.805. The summed E-state index contributed by atoms with van der Waals surface area (Å²) in [4.78, 5) is 8.32. The first-order chi connectivity index (χ1) is 7.72. The molecule has 0 aliphatic heterocycles. The second kappa shape index (κ2) is 6.30. The van der Waals surface area contributed by atoms with Gasteiger partial charge in [0.25, 0.3) is 0 Å². The molecular formula is C12H21N3O. The summed E-state index contributed by atoms with van der Waals surface area (Å²) >= 11 is 0. The van der Waals surface area contributed by atoms with E-state index in [4.69, 9.17) is 4.74 Å². The summed E-state index contributed by atoms with van der Waals surface area (Å²) in [6.07, 6.45) is 4.96. The van der Waals surface area contributed by atoms with Crippen LogP contribution in [0, 0.1) is 6.92 Å². The summed E-state index contributed by atoms with van der Waals surface area (Å²) in [7, 11) is 1.63. The van der Waals surface area contributed by atoms with Crippen molar-refractivity contribution in [3.05, 3.63) is 11.9 Å². The number of methoxy groups -OCH3 is 1. The van der Waals surface area contributed by atoms with E-state index >= 15 is 0 Å². The van der Waals surface area contributed by atoms with Crippen LogP contribution in [0.2, 0.25) is 0 Å². The van der Waals surface area contributed by atoms with Crippen molar-refractivity contribution in [2.45, 2.75) is 46.1 Å².